The zero-order chi connectivity index (χ0) is 22.7. The van der Waals surface area contributed by atoms with Crippen molar-refractivity contribution in [3.63, 3.8) is 0 Å². The van der Waals surface area contributed by atoms with E-state index < -0.39 is 0 Å². The first-order valence-corrected chi connectivity index (χ1v) is 12.8. The molecule has 0 amide bonds. The molecular weight excluding hydrogens is 400 g/mol. The van der Waals surface area contributed by atoms with E-state index in [0.29, 0.717) is 12.2 Å². The van der Waals surface area contributed by atoms with Crippen molar-refractivity contribution < 1.29 is 24.2 Å². The van der Waals surface area contributed by atoms with E-state index in [0.717, 1.165) is 64.2 Å². The molecule has 2 unspecified atom stereocenters. The van der Waals surface area contributed by atoms with Gasteiger partial charge in [0.2, 0.25) is 0 Å². The van der Waals surface area contributed by atoms with Crippen molar-refractivity contribution in [1.29, 1.82) is 0 Å². The highest BCUT2D eigenvalue weighted by Gasteiger charge is 2.26. The van der Waals surface area contributed by atoms with Crippen LogP contribution < -0.4 is 0 Å². The molecule has 2 atom stereocenters. The van der Waals surface area contributed by atoms with E-state index in [-0.39, 0.29) is 22.8 Å². The van der Waals surface area contributed by atoms with Gasteiger partial charge in [-0.3, -0.25) is 9.59 Å². The number of carbonyl (C=O) groups excluding carboxylic acids is 2. The van der Waals surface area contributed by atoms with Gasteiger partial charge in [0.25, 0.3) is 0 Å². The lowest BCUT2D eigenvalue weighted by atomic mass is 9.93. The summed E-state index contributed by atoms with van der Waals surface area (Å²) in [6.45, 7) is 4.42. The standard InChI is InChI=1S/C24H46O5S/c1-5-6-7-12-15-21(25)17-19-24(2,30-20-23(27)29-4)18-14-11-9-8-10-13-16-22(26)28-3/h21,25H,5-20H2,1-4H3. The lowest BCUT2D eigenvalue weighted by Gasteiger charge is -2.30. The second kappa shape index (κ2) is 19.0. The van der Waals surface area contributed by atoms with Crippen LogP contribution in [-0.4, -0.2) is 47.9 Å². The third-order valence-corrected chi connectivity index (χ3v) is 7.21. The summed E-state index contributed by atoms with van der Waals surface area (Å²) in [7, 11) is 2.86. The van der Waals surface area contributed by atoms with Gasteiger partial charge in [-0.2, -0.15) is 0 Å². The Morgan fingerprint density at radius 2 is 1.43 bits per heavy atom. The molecular formula is C24H46O5S. The van der Waals surface area contributed by atoms with Gasteiger partial charge >= 0.3 is 11.9 Å². The molecule has 178 valence electrons. The molecule has 0 aromatic carbocycles. The van der Waals surface area contributed by atoms with Gasteiger partial charge in [-0.1, -0.05) is 71.6 Å². The van der Waals surface area contributed by atoms with Crippen LogP contribution in [0.4, 0.5) is 0 Å². The highest BCUT2D eigenvalue weighted by Crippen LogP contribution is 2.36. The van der Waals surface area contributed by atoms with Crippen LogP contribution in [0.1, 0.15) is 110 Å². The van der Waals surface area contributed by atoms with Crippen LogP contribution in [0.25, 0.3) is 0 Å². The quantitative estimate of drug-likeness (QED) is 0.181. The van der Waals surface area contributed by atoms with Crippen LogP contribution in [0.3, 0.4) is 0 Å². The van der Waals surface area contributed by atoms with Gasteiger partial charge in [0.1, 0.15) is 0 Å². The first-order valence-electron chi connectivity index (χ1n) is 11.8. The van der Waals surface area contributed by atoms with E-state index in [1.165, 1.54) is 39.9 Å². The third kappa shape index (κ3) is 17.0. The van der Waals surface area contributed by atoms with Gasteiger partial charge in [0, 0.05) is 11.2 Å². The fraction of sp³-hybridized carbons (Fsp3) is 0.917. The minimum atomic E-state index is -0.241. The number of thioether (sulfide) groups is 1. The average Bonchev–Trinajstić information content (AvgIpc) is 2.75. The lowest BCUT2D eigenvalue weighted by Crippen LogP contribution is -2.25. The highest BCUT2D eigenvalue weighted by atomic mass is 32.2. The van der Waals surface area contributed by atoms with E-state index in [4.69, 9.17) is 4.74 Å². The molecule has 0 fully saturated rings. The molecule has 0 saturated carbocycles. The lowest BCUT2D eigenvalue weighted by molar-refractivity contribution is -0.140. The molecule has 0 aliphatic rings. The molecule has 5 nitrogen and oxygen atoms in total. The van der Waals surface area contributed by atoms with Crippen LogP contribution in [-0.2, 0) is 19.1 Å². The molecule has 0 radical (unpaired) electrons. The van der Waals surface area contributed by atoms with Gasteiger partial charge in [0.15, 0.2) is 0 Å². The number of methoxy groups -OCH3 is 2. The second-order valence-corrected chi connectivity index (χ2v) is 10.1. The first-order chi connectivity index (χ1) is 14.4. The zero-order valence-electron chi connectivity index (χ0n) is 19.9. The predicted molar refractivity (Wildman–Crippen MR) is 126 cm³/mol. The van der Waals surface area contributed by atoms with Crippen molar-refractivity contribution in [3.8, 4) is 0 Å². The summed E-state index contributed by atoms with van der Waals surface area (Å²) in [4.78, 5) is 22.7. The topological polar surface area (TPSA) is 72.8 Å². The van der Waals surface area contributed by atoms with Crippen molar-refractivity contribution in [1.82, 2.24) is 0 Å². The maximum absolute atomic E-state index is 11.6. The number of unbranched alkanes of at least 4 members (excludes halogenated alkanes) is 8. The summed E-state index contributed by atoms with van der Waals surface area (Å²) in [5, 5.41) is 10.4. The first kappa shape index (κ1) is 29.2. The minimum Gasteiger partial charge on any atom is -0.469 e. The number of hydrogen-bond donors (Lipinski definition) is 1. The second-order valence-electron chi connectivity index (χ2n) is 8.55. The van der Waals surface area contributed by atoms with E-state index in [1.807, 2.05) is 0 Å². The average molecular weight is 447 g/mol. The van der Waals surface area contributed by atoms with Crippen LogP contribution >= 0.6 is 11.8 Å². The zero-order valence-corrected chi connectivity index (χ0v) is 20.7. The molecule has 0 aromatic heterocycles. The third-order valence-electron chi connectivity index (χ3n) is 5.73. The van der Waals surface area contributed by atoms with Gasteiger partial charge in [-0.15, -0.1) is 11.8 Å². The van der Waals surface area contributed by atoms with Crippen molar-refractivity contribution in [2.45, 2.75) is 121 Å². The van der Waals surface area contributed by atoms with Crippen LogP contribution in [0.2, 0.25) is 0 Å². The van der Waals surface area contributed by atoms with E-state index >= 15 is 0 Å². The SMILES string of the molecule is CCCCCCC(O)CCC(C)(CCCCCCCCC(=O)OC)SCC(=O)OC. The minimum absolute atomic E-state index is 0.0104. The van der Waals surface area contributed by atoms with Gasteiger partial charge in [-0.05, 0) is 32.1 Å². The van der Waals surface area contributed by atoms with Gasteiger partial charge in [0.05, 0.1) is 26.1 Å². The largest absolute Gasteiger partial charge is 0.469 e. The molecule has 0 aliphatic heterocycles. The van der Waals surface area contributed by atoms with Crippen molar-refractivity contribution in [2.24, 2.45) is 0 Å². The van der Waals surface area contributed by atoms with E-state index in [9.17, 15) is 14.7 Å². The Balaban J connectivity index is 4.21. The summed E-state index contributed by atoms with van der Waals surface area (Å²) < 4.78 is 9.46. The Hall–Kier alpha value is -0.750. The Morgan fingerprint density at radius 3 is 2.07 bits per heavy atom. The Bertz CT molecular complexity index is 443. The Morgan fingerprint density at radius 1 is 0.833 bits per heavy atom. The molecule has 0 saturated heterocycles. The molecule has 0 aromatic rings. The normalized spacial score (nSPS) is 14.2. The fourth-order valence-electron chi connectivity index (χ4n) is 3.56. The number of aliphatic hydroxyl groups excluding tert-OH is 1. The molecule has 0 heterocycles. The summed E-state index contributed by atoms with van der Waals surface area (Å²) in [5.74, 6) is 0.0607. The maximum atomic E-state index is 11.6. The molecule has 0 rings (SSSR count). The number of esters is 2. The maximum Gasteiger partial charge on any atom is 0.315 e. The van der Waals surface area contributed by atoms with Crippen molar-refractivity contribution in [2.75, 3.05) is 20.0 Å². The molecule has 0 aliphatic carbocycles. The summed E-state index contributed by atoms with van der Waals surface area (Å²) in [6, 6.07) is 0. The molecule has 1 N–H and O–H groups in total. The van der Waals surface area contributed by atoms with Gasteiger partial charge in [-0.25, -0.2) is 0 Å². The number of carbonyl (C=O) groups is 2. The van der Waals surface area contributed by atoms with Crippen molar-refractivity contribution >= 4 is 23.7 Å². The van der Waals surface area contributed by atoms with Crippen LogP contribution in [0.15, 0.2) is 0 Å². The van der Waals surface area contributed by atoms with Gasteiger partial charge < -0.3 is 14.6 Å². The predicted octanol–water partition coefficient (Wildman–Crippen LogP) is 6.06. The summed E-state index contributed by atoms with van der Waals surface area (Å²) >= 11 is 1.67. The van der Waals surface area contributed by atoms with Crippen LogP contribution in [0.5, 0.6) is 0 Å². The molecule has 30 heavy (non-hydrogen) atoms. The summed E-state index contributed by atoms with van der Waals surface area (Å²) in [5.41, 5.74) is 0. The monoisotopic (exact) mass is 446 g/mol. The fourth-order valence-corrected chi connectivity index (χ4v) is 4.70. The number of hydrogen-bond acceptors (Lipinski definition) is 6. The number of aliphatic hydroxyl groups is 1. The Kier molecular flexibility index (Phi) is 18.5. The van der Waals surface area contributed by atoms with E-state index in [1.54, 1.807) is 11.8 Å². The molecule has 6 heteroatoms. The Labute approximate surface area is 189 Å². The number of rotatable bonds is 20. The van der Waals surface area contributed by atoms with Crippen LogP contribution in [0, 0.1) is 0 Å². The molecule has 0 spiro atoms. The highest BCUT2D eigenvalue weighted by molar-refractivity contribution is 8.01. The van der Waals surface area contributed by atoms with E-state index in [2.05, 4.69) is 18.6 Å². The molecule has 0 bridgehead atoms. The van der Waals surface area contributed by atoms with Crippen molar-refractivity contribution in [3.05, 3.63) is 0 Å². The number of ether oxygens (including phenoxy) is 2. The smallest absolute Gasteiger partial charge is 0.315 e. The summed E-state index contributed by atoms with van der Waals surface area (Å²) in [6.07, 6.45) is 15.2.